The fourth-order valence-electron chi connectivity index (χ4n) is 3.12. The molecule has 0 bridgehead atoms. The van der Waals surface area contributed by atoms with Crippen LogP contribution in [0.2, 0.25) is 0 Å². The van der Waals surface area contributed by atoms with Crippen molar-refractivity contribution in [3.63, 3.8) is 0 Å². The lowest BCUT2D eigenvalue weighted by molar-refractivity contribution is -0.128. The Hall–Kier alpha value is -2.14. The van der Waals surface area contributed by atoms with E-state index in [2.05, 4.69) is 12.2 Å². The van der Waals surface area contributed by atoms with E-state index in [-0.39, 0.29) is 17.9 Å². The minimum atomic E-state index is 0.0535. The van der Waals surface area contributed by atoms with E-state index in [4.69, 9.17) is 0 Å². The van der Waals surface area contributed by atoms with Crippen molar-refractivity contribution in [2.75, 3.05) is 31.1 Å². The topological polar surface area (TPSA) is 52.7 Å². The van der Waals surface area contributed by atoms with Crippen LogP contribution in [0.5, 0.6) is 0 Å². The Kier molecular flexibility index (Phi) is 4.76. The van der Waals surface area contributed by atoms with Crippen molar-refractivity contribution in [3.8, 4) is 0 Å². The monoisotopic (exact) mass is 313 g/mol. The summed E-state index contributed by atoms with van der Waals surface area (Å²) in [6, 6.07) is 8.02. The Morgan fingerprint density at radius 2 is 2.04 bits per heavy atom. The molecule has 1 unspecified atom stereocenters. The molecule has 1 aromatic carbocycles. The van der Waals surface area contributed by atoms with Gasteiger partial charge in [0.1, 0.15) is 0 Å². The molecule has 122 valence electrons. The Morgan fingerprint density at radius 1 is 1.26 bits per heavy atom. The van der Waals surface area contributed by atoms with Gasteiger partial charge in [0, 0.05) is 50.4 Å². The molecule has 2 amide bonds. The lowest BCUT2D eigenvalue weighted by Gasteiger charge is -2.33. The highest BCUT2D eigenvalue weighted by molar-refractivity contribution is 5.95. The van der Waals surface area contributed by atoms with Gasteiger partial charge in [-0.3, -0.25) is 9.59 Å². The standard InChI is InChI=1S/C18H23N3O2/c1-14-13-19-10-12-20(14)18(23)9-6-15-4-7-16(8-5-15)21-11-2-3-17(21)22/h4-9,14,19H,2-3,10-13H2,1H3/b9-6+. The number of amides is 2. The largest absolute Gasteiger partial charge is 0.334 e. The van der Waals surface area contributed by atoms with Crippen molar-refractivity contribution in [2.45, 2.75) is 25.8 Å². The molecule has 2 fully saturated rings. The molecule has 1 aromatic rings. The van der Waals surface area contributed by atoms with E-state index in [0.717, 1.165) is 43.9 Å². The first kappa shape index (κ1) is 15.7. The third-order valence-electron chi connectivity index (χ3n) is 4.48. The molecule has 0 spiro atoms. The third kappa shape index (κ3) is 3.62. The summed E-state index contributed by atoms with van der Waals surface area (Å²) in [5.41, 5.74) is 1.91. The predicted molar refractivity (Wildman–Crippen MR) is 91.1 cm³/mol. The number of piperazine rings is 1. The number of nitrogens with zero attached hydrogens (tertiary/aromatic N) is 2. The number of rotatable bonds is 3. The summed E-state index contributed by atoms with van der Waals surface area (Å²) < 4.78 is 0. The molecule has 1 N–H and O–H groups in total. The van der Waals surface area contributed by atoms with Crippen molar-refractivity contribution < 1.29 is 9.59 Å². The smallest absolute Gasteiger partial charge is 0.246 e. The molecule has 3 rings (SSSR count). The zero-order chi connectivity index (χ0) is 16.2. The van der Waals surface area contributed by atoms with Crippen LogP contribution in [0.25, 0.3) is 6.08 Å². The number of nitrogens with one attached hydrogen (secondary N) is 1. The van der Waals surface area contributed by atoms with Gasteiger partial charge in [0.2, 0.25) is 11.8 Å². The van der Waals surface area contributed by atoms with Crippen LogP contribution in [0, 0.1) is 0 Å². The second-order valence-corrected chi connectivity index (χ2v) is 6.16. The summed E-state index contributed by atoms with van der Waals surface area (Å²) in [6.07, 6.45) is 5.04. The van der Waals surface area contributed by atoms with Gasteiger partial charge in [-0.05, 0) is 37.1 Å². The molecule has 1 atom stereocenters. The fraction of sp³-hybridized carbons (Fsp3) is 0.444. The Balaban J connectivity index is 1.63. The number of carbonyl (C=O) groups is 2. The summed E-state index contributed by atoms with van der Waals surface area (Å²) in [7, 11) is 0. The molecular weight excluding hydrogens is 290 g/mol. The molecule has 0 saturated carbocycles. The minimum absolute atomic E-state index is 0.0535. The van der Waals surface area contributed by atoms with E-state index in [1.807, 2.05) is 40.1 Å². The quantitative estimate of drug-likeness (QED) is 0.863. The van der Waals surface area contributed by atoms with Crippen LogP contribution in [0.4, 0.5) is 5.69 Å². The summed E-state index contributed by atoms with van der Waals surface area (Å²) in [5, 5.41) is 3.28. The first-order valence-electron chi connectivity index (χ1n) is 8.25. The van der Waals surface area contributed by atoms with Crippen molar-refractivity contribution >= 4 is 23.6 Å². The number of benzene rings is 1. The molecule has 0 aliphatic carbocycles. The highest BCUT2D eigenvalue weighted by Crippen LogP contribution is 2.22. The average molecular weight is 313 g/mol. The van der Waals surface area contributed by atoms with E-state index in [9.17, 15) is 9.59 Å². The van der Waals surface area contributed by atoms with Crippen LogP contribution in [-0.4, -0.2) is 48.9 Å². The van der Waals surface area contributed by atoms with E-state index in [1.165, 1.54) is 0 Å². The highest BCUT2D eigenvalue weighted by Gasteiger charge is 2.22. The molecule has 0 aromatic heterocycles. The Bertz CT molecular complexity index is 609. The lowest BCUT2D eigenvalue weighted by atomic mass is 10.1. The summed E-state index contributed by atoms with van der Waals surface area (Å²) in [4.78, 5) is 27.7. The lowest BCUT2D eigenvalue weighted by Crippen LogP contribution is -2.51. The van der Waals surface area contributed by atoms with Crippen LogP contribution >= 0.6 is 0 Å². The minimum Gasteiger partial charge on any atom is -0.334 e. The number of anilines is 1. The van der Waals surface area contributed by atoms with Crippen LogP contribution < -0.4 is 10.2 Å². The fourth-order valence-corrected chi connectivity index (χ4v) is 3.12. The van der Waals surface area contributed by atoms with Gasteiger partial charge in [0.05, 0.1) is 0 Å². The molecule has 0 radical (unpaired) electrons. The van der Waals surface area contributed by atoms with Gasteiger partial charge in [-0.15, -0.1) is 0 Å². The van der Waals surface area contributed by atoms with E-state index < -0.39 is 0 Å². The maximum Gasteiger partial charge on any atom is 0.246 e. The van der Waals surface area contributed by atoms with Gasteiger partial charge in [0.25, 0.3) is 0 Å². The van der Waals surface area contributed by atoms with Gasteiger partial charge in [-0.2, -0.15) is 0 Å². The molecule has 2 heterocycles. The van der Waals surface area contributed by atoms with Crippen LogP contribution in [0.1, 0.15) is 25.3 Å². The second kappa shape index (κ2) is 6.96. The summed E-state index contributed by atoms with van der Waals surface area (Å²) in [5.74, 6) is 0.244. The molecule has 5 nitrogen and oxygen atoms in total. The first-order chi connectivity index (χ1) is 11.1. The van der Waals surface area contributed by atoms with Crippen molar-refractivity contribution in [1.82, 2.24) is 10.2 Å². The maximum absolute atomic E-state index is 12.3. The average Bonchev–Trinajstić information content (AvgIpc) is 2.99. The van der Waals surface area contributed by atoms with Crippen LogP contribution in [0.3, 0.4) is 0 Å². The van der Waals surface area contributed by atoms with Crippen molar-refractivity contribution in [2.24, 2.45) is 0 Å². The zero-order valence-corrected chi connectivity index (χ0v) is 13.5. The van der Waals surface area contributed by atoms with Gasteiger partial charge < -0.3 is 15.1 Å². The van der Waals surface area contributed by atoms with Crippen molar-refractivity contribution in [1.29, 1.82) is 0 Å². The third-order valence-corrected chi connectivity index (χ3v) is 4.48. The van der Waals surface area contributed by atoms with E-state index in [1.54, 1.807) is 6.08 Å². The summed E-state index contributed by atoms with van der Waals surface area (Å²) >= 11 is 0. The zero-order valence-electron chi connectivity index (χ0n) is 13.5. The van der Waals surface area contributed by atoms with Gasteiger partial charge in [-0.1, -0.05) is 12.1 Å². The predicted octanol–water partition coefficient (Wildman–Crippen LogP) is 1.65. The van der Waals surface area contributed by atoms with E-state index >= 15 is 0 Å². The molecule has 23 heavy (non-hydrogen) atoms. The molecule has 2 saturated heterocycles. The number of hydrogen-bond donors (Lipinski definition) is 1. The SMILES string of the molecule is CC1CNCCN1C(=O)/C=C/c1ccc(N2CCCC2=O)cc1. The Morgan fingerprint density at radius 3 is 2.70 bits per heavy atom. The van der Waals surface area contributed by atoms with Gasteiger partial charge >= 0.3 is 0 Å². The molecule has 5 heteroatoms. The second-order valence-electron chi connectivity index (χ2n) is 6.16. The van der Waals surface area contributed by atoms with Crippen LogP contribution in [-0.2, 0) is 9.59 Å². The molecular formula is C18H23N3O2. The normalized spacial score (nSPS) is 22.1. The number of carbonyl (C=O) groups excluding carboxylic acids is 2. The molecule has 2 aliphatic rings. The van der Waals surface area contributed by atoms with E-state index in [0.29, 0.717) is 6.42 Å². The summed E-state index contributed by atoms with van der Waals surface area (Å²) in [6.45, 7) is 5.30. The van der Waals surface area contributed by atoms with Gasteiger partial charge in [0.15, 0.2) is 0 Å². The number of hydrogen-bond acceptors (Lipinski definition) is 3. The van der Waals surface area contributed by atoms with Crippen LogP contribution in [0.15, 0.2) is 30.3 Å². The van der Waals surface area contributed by atoms with Crippen molar-refractivity contribution in [3.05, 3.63) is 35.9 Å². The Labute approximate surface area is 137 Å². The first-order valence-corrected chi connectivity index (χ1v) is 8.25. The highest BCUT2D eigenvalue weighted by atomic mass is 16.2. The van der Waals surface area contributed by atoms with Gasteiger partial charge in [-0.25, -0.2) is 0 Å². The molecule has 2 aliphatic heterocycles. The maximum atomic E-state index is 12.3.